The van der Waals surface area contributed by atoms with Gasteiger partial charge < -0.3 is 20.5 Å². The van der Waals surface area contributed by atoms with Crippen molar-refractivity contribution >= 4 is 5.96 Å². The number of aliphatic imine (C=N–C) groups is 1. The van der Waals surface area contributed by atoms with Crippen LogP contribution in [0.1, 0.15) is 50.7 Å². The van der Waals surface area contributed by atoms with Crippen molar-refractivity contribution in [2.45, 2.75) is 58.7 Å². The molecule has 2 atom stereocenters. The third-order valence-corrected chi connectivity index (χ3v) is 6.31. The first kappa shape index (κ1) is 22.1. The normalized spacial score (nSPS) is 26.3. The first-order chi connectivity index (χ1) is 14.1. The van der Waals surface area contributed by atoms with Gasteiger partial charge in [-0.25, -0.2) is 4.99 Å². The number of nitrogens with zero attached hydrogens (tertiary/aromatic N) is 2. The van der Waals surface area contributed by atoms with E-state index in [2.05, 4.69) is 53.6 Å². The summed E-state index contributed by atoms with van der Waals surface area (Å²) in [7, 11) is 0. The zero-order valence-electron chi connectivity index (χ0n) is 18.1. The maximum atomic E-state index is 10.5. The van der Waals surface area contributed by atoms with Gasteiger partial charge >= 0.3 is 0 Å². The monoisotopic (exact) mass is 402 g/mol. The molecule has 1 aromatic carbocycles. The van der Waals surface area contributed by atoms with Crippen LogP contribution in [-0.2, 0) is 17.8 Å². The Labute approximate surface area is 175 Å². The summed E-state index contributed by atoms with van der Waals surface area (Å²) in [5.41, 5.74) is 2.52. The topological polar surface area (TPSA) is 69.1 Å². The van der Waals surface area contributed by atoms with E-state index in [4.69, 9.17) is 9.73 Å². The molecule has 1 aliphatic carbocycles. The van der Waals surface area contributed by atoms with Gasteiger partial charge in [0.1, 0.15) is 0 Å². The molecule has 29 heavy (non-hydrogen) atoms. The highest BCUT2D eigenvalue weighted by molar-refractivity contribution is 5.79. The van der Waals surface area contributed by atoms with E-state index in [1.807, 2.05) is 0 Å². The smallest absolute Gasteiger partial charge is 0.191 e. The van der Waals surface area contributed by atoms with E-state index in [-0.39, 0.29) is 11.5 Å². The molecule has 2 unspecified atom stereocenters. The van der Waals surface area contributed by atoms with Crippen LogP contribution in [0.5, 0.6) is 0 Å². The Morgan fingerprint density at radius 3 is 2.69 bits per heavy atom. The van der Waals surface area contributed by atoms with Crippen molar-refractivity contribution in [2.75, 3.05) is 39.4 Å². The standard InChI is InChI=1S/C23H38N4O2/c1-3-24-22(26-18-23(2)11-7-6-10-21(23)28)25-16-19-8-4-5-9-20(19)17-27-12-14-29-15-13-27/h4-5,8-9,21,28H,3,6-7,10-18H2,1-2H3,(H2,24,25,26). The number of morpholine rings is 1. The maximum absolute atomic E-state index is 10.5. The Bertz CT molecular complexity index is 660. The molecule has 1 aliphatic heterocycles. The van der Waals surface area contributed by atoms with E-state index in [0.717, 1.165) is 71.2 Å². The van der Waals surface area contributed by atoms with Crippen LogP contribution in [0.2, 0.25) is 0 Å². The number of guanidine groups is 1. The molecule has 0 amide bonds. The molecule has 1 saturated carbocycles. The van der Waals surface area contributed by atoms with E-state index in [0.29, 0.717) is 6.54 Å². The van der Waals surface area contributed by atoms with Gasteiger partial charge in [-0.2, -0.15) is 0 Å². The Hall–Kier alpha value is -1.63. The van der Waals surface area contributed by atoms with Crippen molar-refractivity contribution in [2.24, 2.45) is 10.4 Å². The number of nitrogens with one attached hydrogen (secondary N) is 2. The van der Waals surface area contributed by atoms with Crippen LogP contribution in [0.4, 0.5) is 0 Å². The van der Waals surface area contributed by atoms with Crippen LogP contribution in [0.25, 0.3) is 0 Å². The highest BCUT2D eigenvalue weighted by atomic mass is 16.5. The van der Waals surface area contributed by atoms with Crippen LogP contribution in [0.15, 0.2) is 29.3 Å². The summed E-state index contributed by atoms with van der Waals surface area (Å²) in [5.74, 6) is 0.827. The van der Waals surface area contributed by atoms with Crippen LogP contribution in [0, 0.1) is 5.41 Å². The lowest BCUT2D eigenvalue weighted by molar-refractivity contribution is 0.00397. The molecule has 6 heteroatoms. The molecular formula is C23H38N4O2. The molecule has 0 bridgehead atoms. The van der Waals surface area contributed by atoms with Crippen LogP contribution in [0.3, 0.4) is 0 Å². The predicted molar refractivity (Wildman–Crippen MR) is 118 cm³/mol. The van der Waals surface area contributed by atoms with Crippen molar-refractivity contribution in [1.29, 1.82) is 0 Å². The molecule has 0 radical (unpaired) electrons. The number of rotatable bonds is 7. The van der Waals surface area contributed by atoms with Gasteiger partial charge in [0.2, 0.25) is 0 Å². The number of hydrogen-bond donors (Lipinski definition) is 3. The van der Waals surface area contributed by atoms with E-state index in [9.17, 15) is 5.11 Å². The van der Waals surface area contributed by atoms with Crippen LogP contribution >= 0.6 is 0 Å². The fraction of sp³-hybridized carbons (Fsp3) is 0.696. The van der Waals surface area contributed by atoms with Crippen molar-refractivity contribution in [3.05, 3.63) is 35.4 Å². The fourth-order valence-corrected chi connectivity index (χ4v) is 4.25. The molecule has 0 aromatic heterocycles. The lowest BCUT2D eigenvalue weighted by atomic mass is 9.73. The summed E-state index contributed by atoms with van der Waals surface area (Å²) >= 11 is 0. The van der Waals surface area contributed by atoms with Gasteiger partial charge in [0.05, 0.1) is 25.9 Å². The Balaban J connectivity index is 1.62. The lowest BCUT2D eigenvalue weighted by Crippen LogP contribution is -2.48. The molecule has 2 aliphatic rings. The largest absolute Gasteiger partial charge is 0.392 e. The summed E-state index contributed by atoms with van der Waals surface area (Å²) < 4.78 is 5.47. The first-order valence-corrected chi connectivity index (χ1v) is 11.2. The molecule has 0 spiro atoms. The van der Waals surface area contributed by atoms with Gasteiger partial charge in [-0.3, -0.25) is 4.90 Å². The van der Waals surface area contributed by atoms with E-state index in [1.165, 1.54) is 17.5 Å². The van der Waals surface area contributed by atoms with Gasteiger partial charge in [0.15, 0.2) is 5.96 Å². The molecular weight excluding hydrogens is 364 g/mol. The van der Waals surface area contributed by atoms with Crippen LogP contribution in [-0.4, -0.2) is 61.5 Å². The third-order valence-electron chi connectivity index (χ3n) is 6.31. The van der Waals surface area contributed by atoms with Crippen molar-refractivity contribution in [3.63, 3.8) is 0 Å². The minimum absolute atomic E-state index is 0.0807. The van der Waals surface area contributed by atoms with Crippen molar-refractivity contribution < 1.29 is 9.84 Å². The molecule has 3 N–H and O–H groups in total. The average Bonchev–Trinajstić information content (AvgIpc) is 2.74. The summed E-state index contributed by atoms with van der Waals surface area (Å²) in [6, 6.07) is 8.58. The molecule has 1 heterocycles. The van der Waals surface area contributed by atoms with Gasteiger partial charge in [-0.05, 0) is 30.9 Å². The minimum atomic E-state index is -0.235. The first-order valence-electron chi connectivity index (χ1n) is 11.2. The van der Waals surface area contributed by atoms with Crippen LogP contribution < -0.4 is 10.6 Å². The van der Waals surface area contributed by atoms with Gasteiger partial charge in [0.25, 0.3) is 0 Å². The van der Waals surface area contributed by atoms with Crippen molar-refractivity contribution in [1.82, 2.24) is 15.5 Å². The average molecular weight is 403 g/mol. The van der Waals surface area contributed by atoms with Gasteiger partial charge in [-0.15, -0.1) is 0 Å². The van der Waals surface area contributed by atoms with Gasteiger partial charge in [-0.1, -0.05) is 44.0 Å². The summed E-state index contributed by atoms with van der Waals surface area (Å²) in [5, 5.41) is 17.3. The second-order valence-electron chi connectivity index (χ2n) is 8.62. The highest BCUT2D eigenvalue weighted by Gasteiger charge is 2.35. The molecule has 2 fully saturated rings. The maximum Gasteiger partial charge on any atom is 0.191 e. The number of hydrogen-bond acceptors (Lipinski definition) is 4. The lowest BCUT2D eigenvalue weighted by Gasteiger charge is -2.38. The van der Waals surface area contributed by atoms with Gasteiger partial charge in [0, 0.05) is 38.1 Å². The quantitative estimate of drug-likeness (QED) is 0.483. The summed E-state index contributed by atoms with van der Waals surface area (Å²) in [6.45, 7) is 11.0. The van der Waals surface area contributed by atoms with E-state index in [1.54, 1.807) is 0 Å². The molecule has 3 rings (SSSR count). The fourth-order valence-electron chi connectivity index (χ4n) is 4.25. The Kier molecular flexibility index (Phi) is 8.33. The summed E-state index contributed by atoms with van der Waals surface area (Å²) in [4.78, 5) is 7.29. The second-order valence-corrected chi connectivity index (χ2v) is 8.62. The Morgan fingerprint density at radius 1 is 1.21 bits per heavy atom. The number of aliphatic hydroxyl groups is 1. The molecule has 6 nitrogen and oxygen atoms in total. The van der Waals surface area contributed by atoms with E-state index >= 15 is 0 Å². The second kappa shape index (κ2) is 11.0. The number of ether oxygens (including phenoxy) is 1. The summed E-state index contributed by atoms with van der Waals surface area (Å²) in [6.07, 6.45) is 4.05. The van der Waals surface area contributed by atoms with Crippen molar-refractivity contribution in [3.8, 4) is 0 Å². The zero-order chi connectivity index (χ0) is 20.5. The number of aliphatic hydroxyl groups excluding tert-OH is 1. The number of benzene rings is 1. The highest BCUT2D eigenvalue weighted by Crippen LogP contribution is 2.35. The molecule has 1 aromatic rings. The minimum Gasteiger partial charge on any atom is -0.392 e. The van der Waals surface area contributed by atoms with E-state index < -0.39 is 0 Å². The molecule has 162 valence electrons. The third kappa shape index (κ3) is 6.43. The zero-order valence-corrected chi connectivity index (χ0v) is 18.1. The predicted octanol–water partition coefficient (Wildman–Crippen LogP) is 2.52. The Morgan fingerprint density at radius 2 is 1.97 bits per heavy atom. The molecule has 1 saturated heterocycles. The SMILES string of the molecule is CCNC(=NCc1ccccc1CN1CCOCC1)NCC1(C)CCCCC1O.